The molecular formula is C21H25N5O5. The number of imidazole rings is 1. The van der Waals surface area contributed by atoms with Crippen LogP contribution in [0.25, 0.3) is 11.2 Å². The molecule has 164 valence electrons. The van der Waals surface area contributed by atoms with Gasteiger partial charge >= 0.3 is 11.7 Å². The van der Waals surface area contributed by atoms with Gasteiger partial charge in [-0.05, 0) is 25.0 Å². The van der Waals surface area contributed by atoms with Crippen molar-refractivity contribution in [2.45, 2.75) is 26.9 Å². The lowest BCUT2D eigenvalue weighted by Crippen LogP contribution is -2.42. The van der Waals surface area contributed by atoms with Crippen molar-refractivity contribution in [3.8, 4) is 5.75 Å². The highest BCUT2D eigenvalue weighted by molar-refractivity contribution is 5.78. The molecule has 0 amide bonds. The van der Waals surface area contributed by atoms with Gasteiger partial charge in [0.2, 0.25) is 5.95 Å². The van der Waals surface area contributed by atoms with E-state index in [0.29, 0.717) is 24.8 Å². The lowest BCUT2D eigenvalue weighted by atomic mass is 10.1. The van der Waals surface area contributed by atoms with Gasteiger partial charge in [0.15, 0.2) is 11.2 Å². The minimum atomic E-state index is -0.636. The fourth-order valence-electron chi connectivity index (χ4n) is 4.04. The Hall–Kier alpha value is -3.56. The van der Waals surface area contributed by atoms with Crippen LogP contribution >= 0.6 is 0 Å². The molecule has 0 spiro atoms. The summed E-state index contributed by atoms with van der Waals surface area (Å²) >= 11 is 0. The summed E-state index contributed by atoms with van der Waals surface area (Å²) < 4.78 is 14.5. The maximum Gasteiger partial charge on any atom is 0.333 e. The Morgan fingerprint density at radius 3 is 2.68 bits per heavy atom. The van der Waals surface area contributed by atoms with Gasteiger partial charge < -0.3 is 18.9 Å². The monoisotopic (exact) mass is 427 g/mol. The second-order valence-corrected chi connectivity index (χ2v) is 7.62. The molecule has 1 aliphatic rings. The van der Waals surface area contributed by atoms with Crippen LogP contribution in [0.5, 0.6) is 5.75 Å². The van der Waals surface area contributed by atoms with Crippen LogP contribution in [-0.2, 0) is 29.7 Å². The number of nitrogens with zero attached hydrogens (tertiary/aromatic N) is 5. The second kappa shape index (κ2) is 7.93. The molecule has 3 heterocycles. The molecule has 1 aromatic carbocycles. The number of carbonyl (C=O) groups is 1. The number of ether oxygens (including phenoxy) is 2. The zero-order valence-electron chi connectivity index (χ0n) is 18.0. The second-order valence-electron chi connectivity index (χ2n) is 7.62. The van der Waals surface area contributed by atoms with E-state index in [1.165, 1.54) is 4.57 Å². The molecule has 0 fully saturated rings. The van der Waals surface area contributed by atoms with Gasteiger partial charge in [-0.3, -0.25) is 14.2 Å². The summed E-state index contributed by atoms with van der Waals surface area (Å²) in [7, 11) is 3.15. The Morgan fingerprint density at radius 2 is 1.97 bits per heavy atom. The van der Waals surface area contributed by atoms with Crippen LogP contribution in [0.15, 0.2) is 33.9 Å². The van der Waals surface area contributed by atoms with Crippen LogP contribution in [0.1, 0.15) is 13.8 Å². The largest absolute Gasteiger partial charge is 0.495 e. The van der Waals surface area contributed by atoms with Crippen molar-refractivity contribution in [2.75, 3.05) is 25.2 Å². The van der Waals surface area contributed by atoms with E-state index in [2.05, 4.69) is 11.9 Å². The molecule has 0 aliphatic carbocycles. The van der Waals surface area contributed by atoms with Crippen LogP contribution in [-0.4, -0.2) is 44.9 Å². The number of aromatic nitrogens is 4. The Labute approximate surface area is 178 Å². The van der Waals surface area contributed by atoms with E-state index in [1.54, 1.807) is 21.1 Å². The molecule has 10 heteroatoms. The lowest BCUT2D eigenvalue weighted by Gasteiger charge is -2.33. The summed E-state index contributed by atoms with van der Waals surface area (Å²) in [5, 5.41) is 0. The molecule has 10 nitrogen and oxygen atoms in total. The number of benzene rings is 1. The average molecular weight is 427 g/mol. The van der Waals surface area contributed by atoms with Crippen molar-refractivity contribution in [3.63, 3.8) is 0 Å². The SMILES string of the molecule is CCOC(=O)Cn1c(=O)c2c(nc3n2CC(C)CN3c2ccccc2OC)n(C)c1=O. The highest BCUT2D eigenvalue weighted by Crippen LogP contribution is 2.37. The number of hydrogen-bond acceptors (Lipinski definition) is 7. The third-order valence-electron chi connectivity index (χ3n) is 5.41. The highest BCUT2D eigenvalue weighted by Gasteiger charge is 2.31. The van der Waals surface area contributed by atoms with Gasteiger partial charge in [-0.2, -0.15) is 4.98 Å². The van der Waals surface area contributed by atoms with Gasteiger partial charge in [-0.25, -0.2) is 9.36 Å². The number of fused-ring (bicyclic) bond motifs is 3. The predicted octanol–water partition coefficient (Wildman–Crippen LogP) is 1.26. The number of aryl methyl sites for hydroxylation is 1. The molecule has 1 atom stereocenters. The average Bonchev–Trinajstić information content (AvgIpc) is 3.14. The van der Waals surface area contributed by atoms with Gasteiger partial charge in [-0.15, -0.1) is 0 Å². The van der Waals surface area contributed by atoms with E-state index < -0.39 is 23.8 Å². The quantitative estimate of drug-likeness (QED) is 0.565. The van der Waals surface area contributed by atoms with Crippen LogP contribution in [0.4, 0.5) is 11.6 Å². The van der Waals surface area contributed by atoms with Crippen molar-refractivity contribution >= 4 is 28.8 Å². The number of carbonyl (C=O) groups excluding carboxylic acids is 1. The maximum atomic E-state index is 13.3. The van der Waals surface area contributed by atoms with Crippen molar-refractivity contribution in [1.82, 2.24) is 18.7 Å². The van der Waals surface area contributed by atoms with Gasteiger partial charge in [0.05, 0.1) is 19.4 Å². The lowest BCUT2D eigenvalue weighted by molar-refractivity contribution is -0.143. The molecule has 1 unspecified atom stereocenters. The smallest absolute Gasteiger partial charge is 0.333 e. The third kappa shape index (κ3) is 3.37. The minimum absolute atomic E-state index is 0.170. The topological polar surface area (TPSA) is 101 Å². The van der Waals surface area contributed by atoms with Crippen LogP contribution in [0.2, 0.25) is 0 Å². The number of para-hydroxylation sites is 2. The third-order valence-corrected chi connectivity index (χ3v) is 5.41. The summed E-state index contributed by atoms with van der Waals surface area (Å²) in [6.07, 6.45) is 0. The van der Waals surface area contributed by atoms with Crippen molar-refractivity contribution in [3.05, 3.63) is 45.1 Å². The molecular weight excluding hydrogens is 402 g/mol. The first-order chi connectivity index (χ1) is 14.9. The summed E-state index contributed by atoms with van der Waals surface area (Å²) in [5.74, 6) is 0.802. The summed E-state index contributed by atoms with van der Waals surface area (Å²) in [6.45, 7) is 4.71. The first-order valence-electron chi connectivity index (χ1n) is 10.1. The Bertz CT molecular complexity index is 1270. The fourth-order valence-corrected chi connectivity index (χ4v) is 4.04. The summed E-state index contributed by atoms with van der Waals surface area (Å²) in [4.78, 5) is 44.7. The van der Waals surface area contributed by atoms with E-state index in [0.717, 1.165) is 10.3 Å². The Kier molecular flexibility index (Phi) is 5.30. The highest BCUT2D eigenvalue weighted by atomic mass is 16.5. The predicted molar refractivity (Wildman–Crippen MR) is 115 cm³/mol. The van der Waals surface area contributed by atoms with E-state index in [1.807, 2.05) is 33.7 Å². The van der Waals surface area contributed by atoms with E-state index >= 15 is 0 Å². The maximum absolute atomic E-state index is 13.3. The molecule has 0 radical (unpaired) electrons. The standard InChI is InChI=1S/C21H25N5O5/c1-5-31-16(27)12-26-19(28)17-18(23(3)21(26)29)22-20-24(10-13(2)11-25(17)20)14-8-6-7-9-15(14)30-4/h6-9,13H,5,10-12H2,1-4H3. The molecule has 3 aromatic rings. The Balaban J connectivity index is 1.96. The molecule has 0 saturated carbocycles. The van der Waals surface area contributed by atoms with Crippen molar-refractivity contribution in [2.24, 2.45) is 13.0 Å². The van der Waals surface area contributed by atoms with Gasteiger partial charge in [0.25, 0.3) is 5.56 Å². The Morgan fingerprint density at radius 1 is 1.23 bits per heavy atom. The summed E-state index contributed by atoms with van der Waals surface area (Å²) in [6, 6.07) is 7.59. The van der Waals surface area contributed by atoms with Gasteiger partial charge in [0.1, 0.15) is 12.3 Å². The van der Waals surface area contributed by atoms with E-state index in [4.69, 9.17) is 9.47 Å². The van der Waals surface area contributed by atoms with Gasteiger partial charge in [0, 0.05) is 20.1 Å². The molecule has 1 aliphatic heterocycles. The first-order valence-corrected chi connectivity index (χ1v) is 10.1. The van der Waals surface area contributed by atoms with Crippen LogP contribution in [0.3, 0.4) is 0 Å². The summed E-state index contributed by atoms with van der Waals surface area (Å²) in [5.41, 5.74) is 0.216. The van der Waals surface area contributed by atoms with E-state index in [-0.39, 0.29) is 23.7 Å². The van der Waals surface area contributed by atoms with Crippen LogP contribution in [0, 0.1) is 5.92 Å². The number of rotatable bonds is 5. The molecule has 0 N–H and O–H groups in total. The molecule has 31 heavy (non-hydrogen) atoms. The van der Waals surface area contributed by atoms with Crippen molar-refractivity contribution < 1.29 is 14.3 Å². The first kappa shape index (κ1) is 20.7. The molecule has 0 saturated heterocycles. The van der Waals surface area contributed by atoms with Crippen molar-refractivity contribution in [1.29, 1.82) is 0 Å². The molecule has 0 bridgehead atoms. The molecule has 2 aromatic heterocycles. The fraction of sp³-hybridized carbons (Fsp3) is 0.429. The normalized spacial score (nSPS) is 15.7. The zero-order chi connectivity index (χ0) is 22.3. The number of methoxy groups -OCH3 is 1. The van der Waals surface area contributed by atoms with Crippen LogP contribution < -0.4 is 20.9 Å². The minimum Gasteiger partial charge on any atom is -0.495 e. The van der Waals surface area contributed by atoms with Gasteiger partial charge in [-0.1, -0.05) is 19.1 Å². The van der Waals surface area contributed by atoms with E-state index in [9.17, 15) is 14.4 Å². The number of anilines is 2. The zero-order valence-corrected chi connectivity index (χ0v) is 18.0. The number of hydrogen-bond donors (Lipinski definition) is 0. The number of esters is 1. The molecule has 4 rings (SSSR count).